The molecule has 3 aromatic carbocycles. The molecule has 0 unspecified atom stereocenters. The third-order valence-corrected chi connectivity index (χ3v) is 6.15. The van der Waals surface area contributed by atoms with E-state index in [4.69, 9.17) is 23.2 Å². The highest BCUT2D eigenvalue weighted by Crippen LogP contribution is 2.32. The first kappa shape index (κ1) is 22.1. The minimum Gasteiger partial charge on any atom is -0.359 e. The second-order valence-corrected chi connectivity index (χ2v) is 8.83. The van der Waals surface area contributed by atoms with Gasteiger partial charge in [0.1, 0.15) is 5.54 Å². The molecule has 0 fully saturated rings. The van der Waals surface area contributed by atoms with Gasteiger partial charge in [-0.1, -0.05) is 71.7 Å². The van der Waals surface area contributed by atoms with E-state index in [0.29, 0.717) is 39.8 Å². The zero-order valence-corrected chi connectivity index (χ0v) is 19.0. The van der Waals surface area contributed by atoms with E-state index in [-0.39, 0.29) is 11.7 Å². The predicted molar refractivity (Wildman–Crippen MR) is 129 cm³/mol. The maximum atomic E-state index is 13.4. The third kappa shape index (κ3) is 4.57. The van der Waals surface area contributed by atoms with Crippen LogP contribution in [0.2, 0.25) is 10.0 Å². The minimum atomic E-state index is -0.810. The highest BCUT2D eigenvalue weighted by atomic mass is 35.5. The zero-order chi connectivity index (χ0) is 22.7. The topological polar surface area (TPSA) is 49.4 Å². The average molecular weight is 465 g/mol. The van der Waals surface area contributed by atoms with Crippen LogP contribution in [0.3, 0.4) is 0 Å². The van der Waals surface area contributed by atoms with Crippen molar-refractivity contribution >= 4 is 40.6 Å². The number of hydrogen-bond donors (Lipinski definition) is 1. The first-order valence-corrected chi connectivity index (χ1v) is 11.0. The predicted octanol–water partition coefficient (Wildman–Crippen LogP) is 6.34. The first-order valence-electron chi connectivity index (χ1n) is 10.3. The maximum Gasteiger partial charge on any atom is 0.250 e. The number of amides is 1. The Morgan fingerprint density at radius 2 is 1.72 bits per heavy atom. The van der Waals surface area contributed by atoms with E-state index in [1.54, 1.807) is 42.5 Å². The molecule has 4 nitrogen and oxygen atoms in total. The van der Waals surface area contributed by atoms with Gasteiger partial charge in [-0.15, -0.1) is 0 Å². The van der Waals surface area contributed by atoms with Gasteiger partial charge in [-0.3, -0.25) is 9.59 Å². The van der Waals surface area contributed by atoms with Gasteiger partial charge in [0, 0.05) is 27.7 Å². The van der Waals surface area contributed by atoms with Crippen LogP contribution in [-0.2, 0) is 11.3 Å². The maximum absolute atomic E-state index is 13.4. The van der Waals surface area contributed by atoms with Crippen LogP contribution in [0.15, 0.2) is 85.1 Å². The number of carbonyl (C=O) groups is 2. The summed E-state index contributed by atoms with van der Waals surface area (Å²) in [5.41, 5.74) is 1.52. The van der Waals surface area contributed by atoms with Gasteiger partial charge in [0.15, 0.2) is 5.78 Å². The number of benzene rings is 3. The van der Waals surface area contributed by atoms with Crippen molar-refractivity contribution in [2.75, 3.05) is 5.32 Å². The number of hydrogen-bond acceptors (Lipinski definition) is 3. The molecule has 0 saturated carbocycles. The fourth-order valence-electron chi connectivity index (χ4n) is 3.79. The lowest BCUT2D eigenvalue weighted by molar-refractivity contribution is -0.125. The largest absolute Gasteiger partial charge is 0.359 e. The summed E-state index contributed by atoms with van der Waals surface area (Å²) in [6.07, 6.45) is 4.45. The van der Waals surface area contributed by atoms with E-state index < -0.39 is 5.54 Å². The quantitative estimate of drug-likeness (QED) is 0.432. The molecule has 1 aliphatic heterocycles. The summed E-state index contributed by atoms with van der Waals surface area (Å²) < 4.78 is 0. The molecule has 6 heteroatoms. The van der Waals surface area contributed by atoms with Crippen LogP contribution in [0.1, 0.15) is 34.8 Å². The number of anilines is 1. The van der Waals surface area contributed by atoms with Gasteiger partial charge in [-0.25, -0.2) is 0 Å². The van der Waals surface area contributed by atoms with Crippen LogP contribution in [0.4, 0.5) is 5.69 Å². The van der Waals surface area contributed by atoms with E-state index in [2.05, 4.69) is 5.32 Å². The van der Waals surface area contributed by atoms with Crippen molar-refractivity contribution in [1.29, 1.82) is 0 Å². The molecule has 1 N–H and O–H groups in total. The van der Waals surface area contributed by atoms with Crippen LogP contribution < -0.4 is 5.32 Å². The van der Waals surface area contributed by atoms with Crippen LogP contribution in [0.5, 0.6) is 0 Å². The highest BCUT2D eigenvalue weighted by molar-refractivity contribution is 6.31. The Kier molecular flexibility index (Phi) is 6.35. The monoisotopic (exact) mass is 464 g/mol. The van der Waals surface area contributed by atoms with Gasteiger partial charge in [0.25, 0.3) is 0 Å². The Morgan fingerprint density at radius 3 is 2.47 bits per heavy atom. The molecular weight excluding hydrogens is 443 g/mol. The molecule has 162 valence electrons. The van der Waals surface area contributed by atoms with Crippen molar-refractivity contribution in [3.8, 4) is 0 Å². The second-order valence-electron chi connectivity index (χ2n) is 7.96. The van der Waals surface area contributed by atoms with Crippen molar-refractivity contribution in [1.82, 2.24) is 4.90 Å². The normalized spacial score (nSPS) is 17.4. The molecule has 32 heavy (non-hydrogen) atoms. The number of nitrogens with zero attached hydrogens (tertiary/aromatic N) is 1. The second kappa shape index (κ2) is 9.19. The molecule has 0 aromatic heterocycles. The zero-order valence-electron chi connectivity index (χ0n) is 17.5. The molecule has 0 radical (unpaired) electrons. The summed E-state index contributed by atoms with van der Waals surface area (Å²) in [7, 11) is 0. The summed E-state index contributed by atoms with van der Waals surface area (Å²) in [6, 6.07) is 21.4. The van der Waals surface area contributed by atoms with E-state index in [1.807, 2.05) is 54.4 Å². The fourth-order valence-corrected chi connectivity index (χ4v) is 4.17. The Labute approximate surface area is 197 Å². The smallest absolute Gasteiger partial charge is 0.250 e. The minimum absolute atomic E-state index is 0.200. The Bertz CT molecular complexity index is 1190. The van der Waals surface area contributed by atoms with Gasteiger partial charge in [-0.05, 0) is 55.4 Å². The van der Waals surface area contributed by atoms with Crippen molar-refractivity contribution in [3.63, 3.8) is 0 Å². The first-order chi connectivity index (χ1) is 15.4. The van der Waals surface area contributed by atoms with Crippen molar-refractivity contribution in [2.24, 2.45) is 0 Å². The molecule has 0 spiro atoms. The SMILES string of the molecule is C[C@]1(C(=O)Nc2ccc(Cl)cc2C(=O)c2ccccc2)CC=CN1Cc1cccc(Cl)c1. The van der Waals surface area contributed by atoms with E-state index in [1.165, 1.54) is 0 Å². The van der Waals surface area contributed by atoms with Gasteiger partial charge in [0.05, 0.1) is 5.69 Å². The number of halogens is 2. The van der Waals surface area contributed by atoms with Crippen LogP contribution in [-0.4, -0.2) is 22.1 Å². The number of carbonyl (C=O) groups excluding carboxylic acids is 2. The van der Waals surface area contributed by atoms with Gasteiger partial charge in [0.2, 0.25) is 5.91 Å². The molecule has 0 aliphatic carbocycles. The molecular formula is C26H22Cl2N2O2. The summed E-state index contributed by atoms with van der Waals surface area (Å²) >= 11 is 12.3. The van der Waals surface area contributed by atoms with Crippen LogP contribution in [0.25, 0.3) is 0 Å². The third-order valence-electron chi connectivity index (χ3n) is 5.68. The van der Waals surface area contributed by atoms with Gasteiger partial charge < -0.3 is 10.2 Å². The summed E-state index contributed by atoms with van der Waals surface area (Å²) in [5, 5.41) is 4.06. The van der Waals surface area contributed by atoms with E-state index in [0.717, 1.165) is 5.56 Å². The molecule has 4 rings (SSSR count). The number of rotatable bonds is 6. The van der Waals surface area contributed by atoms with Gasteiger partial charge >= 0.3 is 0 Å². The molecule has 0 saturated heterocycles. The van der Waals surface area contributed by atoms with Gasteiger partial charge in [-0.2, -0.15) is 0 Å². The lowest BCUT2D eigenvalue weighted by atomic mass is 9.95. The average Bonchev–Trinajstić information content (AvgIpc) is 3.16. The lowest BCUT2D eigenvalue weighted by Crippen LogP contribution is -2.49. The highest BCUT2D eigenvalue weighted by Gasteiger charge is 2.40. The Morgan fingerprint density at radius 1 is 0.969 bits per heavy atom. The molecule has 1 heterocycles. The van der Waals surface area contributed by atoms with Crippen molar-refractivity contribution < 1.29 is 9.59 Å². The lowest BCUT2D eigenvalue weighted by Gasteiger charge is -2.35. The number of ketones is 1. The standard InChI is InChI=1S/C26H22Cl2N2O2/c1-26(13-6-14-30(26)17-18-7-5-10-20(27)15-18)25(32)29-23-12-11-21(28)16-22(23)24(31)19-8-3-2-4-9-19/h2-12,14-16H,13,17H2,1H3,(H,29,32)/t26-/m1/s1. The summed E-state index contributed by atoms with van der Waals surface area (Å²) in [5.74, 6) is -0.400. The molecule has 3 aromatic rings. The fraction of sp³-hybridized carbons (Fsp3) is 0.154. The molecule has 1 atom stereocenters. The molecule has 1 amide bonds. The Balaban J connectivity index is 1.59. The van der Waals surface area contributed by atoms with E-state index in [9.17, 15) is 9.59 Å². The Hall–Kier alpha value is -3.08. The molecule has 1 aliphatic rings. The van der Waals surface area contributed by atoms with Crippen molar-refractivity contribution in [3.05, 3.63) is 112 Å². The van der Waals surface area contributed by atoms with Crippen molar-refractivity contribution in [2.45, 2.75) is 25.4 Å². The van der Waals surface area contributed by atoms with E-state index >= 15 is 0 Å². The number of nitrogens with one attached hydrogen (secondary N) is 1. The van der Waals surface area contributed by atoms with Crippen LogP contribution in [0, 0.1) is 0 Å². The molecule has 0 bridgehead atoms. The van der Waals surface area contributed by atoms with Crippen LogP contribution >= 0.6 is 23.2 Å². The summed E-state index contributed by atoms with van der Waals surface area (Å²) in [6.45, 7) is 2.43. The summed E-state index contributed by atoms with van der Waals surface area (Å²) in [4.78, 5) is 28.5.